The van der Waals surface area contributed by atoms with E-state index in [-0.39, 0.29) is 50.1 Å². The molecule has 0 radical (unpaired) electrons. The van der Waals surface area contributed by atoms with Crippen molar-refractivity contribution < 1.29 is 38.6 Å². The van der Waals surface area contributed by atoms with Gasteiger partial charge >= 0.3 is 17.9 Å². The van der Waals surface area contributed by atoms with Gasteiger partial charge in [-0.05, 0) is 85.6 Å². The Morgan fingerprint density at radius 1 is 0.947 bits per heavy atom. The maximum Gasteiger partial charge on any atom is 0.352 e. The zero-order chi connectivity index (χ0) is 40.9. The second-order valence-corrected chi connectivity index (χ2v) is 13.0. The molecular formula is C40H45N9O8. The number of aromatic nitrogens is 3. The Kier molecular flexibility index (Phi) is 14.2. The van der Waals surface area contributed by atoms with Gasteiger partial charge in [0.05, 0.1) is 37.2 Å². The minimum Gasteiger partial charge on any atom is -0.508 e. The first kappa shape index (κ1) is 41.3. The van der Waals surface area contributed by atoms with E-state index in [2.05, 4.69) is 25.4 Å². The van der Waals surface area contributed by atoms with Gasteiger partial charge in [-0.25, -0.2) is 14.8 Å². The van der Waals surface area contributed by atoms with Gasteiger partial charge in [-0.1, -0.05) is 30.3 Å². The molecule has 3 atom stereocenters. The van der Waals surface area contributed by atoms with Gasteiger partial charge in [0.1, 0.15) is 29.5 Å². The van der Waals surface area contributed by atoms with Crippen LogP contribution >= 0.6 is 0 Å². The number of amidine groups is 1. The van der Waals surface area contributed by atoms with Crippen LogP contribution in [0.15, 0.2) is 96.3 Å². The molecule has 1 amide bonds. The van der Waals surface area contributed by atoms with Gasteiger partial charge < -0.3 is 46.9 Å². The van der Waals surface area contributed by atoms with Crippen molar-refractivity contribution in [1.82, 2.24) is 15.0 Å². The summed E-state index contributed by atoms with van der Waals surface area (Å²) >= 11 is 0. The summed E-state index contributed by atoms with van der Waals surface area (Å²) in [6.45, 7) is 3.84. The van der Waals surface area contributed by atoms with Crippen LogP contribution in [-0.4, -0.2) is 81.6 Å². The average molecular weight is 780 g/mol. The van der Waals surface area contributed by atoms with Crippen LogP contribution in [0.5, 0.6) is 5.75 Å². The molecule has 5 rings (SSSR count). The van der Waals surface area contributed by atoms with E-state index in [0.29, 0.717) is 40.3 Å². The van der Waals surface area contributed by atoms with Crippen LogP contribution in [0.3, 0.4) is 0 Å². The van der Waals surface area contributed by atoms with E-state index in [4.69, 9.17) is 31.5 Å². The first-order valence-corrected chi connectivity index (χ1v) is 18.1. The van der Waals surface area contributed by atoms with Crippen molar-refractivity contribution in [3.63, 3.8) is 0 Å². The van der Waals surface area contributed by atoms with Gasteiger partial charge in [-0.2, -0.15) is 0 Å². The molecule has 0 saturated heterocycles. The number of amides is 1. The topological polar surface area (TPSA) is 263 Å². The summed E-state index contributed by atoms with van der Waals surface area (Å²) in [6, 6.07) is 21.4. The molecule has 2 heterocycles. The Labute approximate surface area is 328 Å². The highest BCUT2D eigenvalue weighted by molar-refractivity contribution is 6.07. The van der Waals surface area contributed by atoms with E-state index in [1.54, 1.807) is 92.8 Å². The second-order valence-electron chi connectivity index (χ2n) is 13.0. The average Bonchev–Trinajstić information content (AvgIpc) is 3.64. The summed E-state index contributed by atoms with van der Waals surface area (Å²) in [7, 11) is 0. The first-order chi connectivity index (χ1) is 27.4. The minimum absolute atomic E-state index is 0.0179. The summed E-state index contributed by atoms with van der Waals surface area (Å²) in [4.78, 5) is 69.2. The molecule has 17 nitrogen and oxygen atoms in total. The van der Waals surface area contributed by atoms with Crippen LogP contribution in [0, 0.1) is 5.92 Å². The van der Waals surface area contributed by atoms with Crippen molar-refractivity contribution in [3.8, 4) is 5.75 Å². The number of aromatic amines is 1. The Morgan fingerprint density at radius 3 is 2.39 bits per heavy atom. The normalized spacial score (nSPS) is 12.9. The third kappa shape index (κ3) is 11.6. The number of anilines is 2. The van der Waals surface area contributed by atoms with E-state index in [9.17, 15) is 24.3 Å². The molecule has 0 bridgehead atoms. The number of rotatable bonds is 18. The highest BCUT2D eigenvalue weighted by Gasteiger charge is 2.26. The molecule has 0 aliphatic heterocycles. The molecule has 57 heavy (non-hydrogen) atoms. The summed E-state index contributed by atoms with van der Waals surface area (Å²) < 4.78 is 10.3. The number of nitrogens with zero attached hydrogens (tertiary/aromatic N) is 4. The van der Waals surface area contributed by atoms with Gasteiger partial charge in [0.25, 0.3) is 5.91 Å². The molecule has 5 aromatic rings. The van der Waals surface area contributed by atoms with Crippen molar-refractivity contribution in [2.24, 2.45) is 28.3 Å². The van der Waals surface area contributed by atoms with Gasteiger partial charge in [0.2, 0.25) is 0 Å². The quantitative estimate of drug-likeness (QED) is 0.0246. The van der Waals surface area contributed by atoms with Gasteiger partial charge in [0.15, 0.2) is 5.84 Å². The standard InChI is InChI=1S/C40H45N9O8/c1-3-55-35(51)17-19-49(34-6-4-5-18-44-34)38(52)27-11-16-31-32(21-27)47-33(46-31)22-45-28-12-9-26(10-13-28)37(43)48-57-40(54)36(42)24(2)23-56-39(53)30(41)20-25-7-14-29(50)15-8-25/h4-16,18,21,24,30,36,45,50H,3,17,19-20,22-23,41-42H2,1-2H3,(H2,43,48)(H,46,47). The lowest BCUT2D eigenvalue weighted by Gasteiger charge is -2.21. The van der Waals surface area contributed by atoms with Crippen molar-refractivity contribution in [3.05, 3.63) is 114 Å². The number of nitrogens with one attached hydrogen (secondary N) is 2. The number of H-pyrrole nitrogens is 1. The number of oxime groups is 1. The molecule has 0 saturated carbocycles. The Morgan fingerprint density at radius 2 is 1.68 bits per heavy atom. The Hall–Kier alpha value is -6.85. The van der Waals surface area contributed by atoms with Crippen LogP contribution in [0.1, 0.15) is 47.6 Å². The molecule has 298 valence electrons. The number of hydrogen-bond donors (Lipinski definition) is 6. The molecule has 9 N–H and O–H groups in total. The fraction of sp³-hybridized carbons (Fsp3) is 0.275. The zero-order valence-corrected chi connectivity index (χ0v) is 31.5. The van der Waals surface area contributed by atoms with E-state index >= 15 is 0 Å². The maximum absolute atomic E-state index is 13.6. The molecule has 2 aromatic heterocycles. The summed E-state index contributed by atoms with van der Waals surface area (Å²) in [6.07, 6.45) is 1.80. The second kappa shape index (κ2) is 19.7. The van der Waals surface area contributed by atoms with Crippen LogP contribution in [0.4, 0.5) is 11.5 Å². The van der Waals surface area contributed by atoms with Crippen LogP contribution in [0.25, 0.3) is 11.0 Å². The molecular weight excluding hydrogens is 734 g/mol. The maximum atomic E-state index is 13.6. The predicted octanol–water partition coefficient (Wildman–Crippen LogP) is 3.12. The number of nitrogens with two attached hydrogens (primary N) is 3. The number of fused-ring (bicyclic) bond motifs is 1. The number of imidazole rings is 1. The predicted molar refractivity (Wildman–Crippen MR) is 212 cm³/mol. The van der Waals surface area contributed by atoms with E-state index in [1.165, 1.54) is 17.0 Å². The highest BCUT2D eigenvalue weighted by Crippen LogP contribution is 2.20. The number of benzene rings is 3. The lowest BCUT2D eigenvalue weighted by molar-refractivity contribution is -0.151. The SMILES string of the molecule is CCOC(=O)CCN(C(=O)c1ccc2nc(CNc3ccc(/C(N)=N/OC(=O)C(N)C(C)COC(=O)C(N)Cc4ccc(O)cc4)cc3)[nH]c2c1)c1ccccn1. The third-order valence-corrected chi connectivity index (χ3v) is 8.74. The molecule has 0 fully saturated rings. The number of pyridine rings is 1. The number of phenols is 1. The Balaban J connectivity index is 1.10. The fourth-order valence-corrected chi connectivity index (χ4v) is 5.48. The van der Waals surface area contributed by atoms with Gasteiger partial charge in [-0.15, -0.1) is 0 Å². The number of hydrogen-bond acceptors (Lipinski definition) is 14. The molecule has 0 aliphatic carbocycles. The summed E-state index contributed by atoms with van der Waals surface area (Å²) in [5.41, 5.74) is 21.7. The Bertz CT molecular complexity index is 2180. The van der Waals surface area contributed by atoms with Crippen molar-refractivity contribution >= 4 is 52.2 Å². The monoisotopic (exact) mass is 779 g/mol. The summed E-state index contributed by atoms with van der Waals surface area (Å²) in [5.74, 6) is -1.80. The number of aromatic hydroxyl groups is 1. The molecule has 17 heteroatoms. The number of ether oxygens (including phenoxy) is 2. The third-order valence-electron chi connectivity index (χ3n) is 8.74. The van der Waals surface area contributed by atoms with Crippen LogP contribution in [0.2, 0.25) is 0 Å². The van der Waals surface area contributed by atoms with Crippen LogP contribution < -0.4 is 27.4 Å². The first-order valence-electron chi connectivity index (χ1n) is 18.1. The minimum atomic E-state index is -1.16. The van der Waals surface area contributed by atoms with Crippen molar-refractivity contribution in [2.45, 2.75) is 45.3 Å². The smallest absolute Gasteiger partial charge is 0.352 e. The molecule has 3 unspecified atom stereocenters. The number of carbonyl (C=O) groups is 4. The highest BCUT2D eigenvalue weighted by atomic mass is 16.7. The lowest BCUT2D eigenvalue weighted by atomic mass is 10.0. The number of carbonyl (C=O) groups excluding carboxylic acids is 4. The van der Waals surface area contributed by atoms with Crippen molar-refractivity contribution in [1.29, 1.82) is 0 Å². The molecule has 0 aliphatic rings. The molecule has 0 spiro atoms. The van der Waals surface area contributed by atoms with Crippen LogP contribution in [-0.2, 0) is 41.7 Å². The molecule has 3 aromatic carbocycles. The summed E-state index contributed by atoms with van der Waals surface area (Å²) in [5, 5.41) is 16.4. The van der Waals surface area contributed by atoms with Crippen molar-refractivity contribution in [2.75, 3.05) is 30.0 Å². The fourth-order valence-electron chi connectivity index (χ4n) is 5.48. The van der Waals surface area contributed by atoms with Gasteiger partial charge in [0, 0.05) is 35.5 Å². The largest absolute Gasteiger partial charge is 0.508 e. The van der Waals surface area contributed by atoms with E-state index in [0.717, 1.165) is 11.3 Å². The number of phenolic OH excluding ortho intramolecular Hbond substituents is 1. The van der Waals surface area contributed by atoms with E-state index in [1.807, 2.05) is 0 Å². The van der Waals surface area contributed by atoms with E-state index < -0.39 is 35.9 Å². The lowest BCUT2D eigenvalue weighted by Crippen LogP contribution is -2.41. The van der Waals surface area contributed by atoms with Gasteiger partial charge in [-0.3, -0.25) is 19.3 Å². The zero-order valence-electron chi connectivity index (χ0n) is 31.5. The number of esters is 2.